The van der Waals surface area contributed by atoms with Crippen LogP contribution in [0.5, 0.6) is 0 Å². The molecule has 0 spiro atoms. The smallest absolute Gasteiger partial charge is 0.185 e. The van der Waals surface area contributed by atoms with E-state index in [1.54, 1.807) is 0 Å². The molecule has 0 aliphatic carbocycles. The zero-order chi connectivity index (χ0) is 16.0. The molecule has 3 aromatic rings. The van der Waals surface area contributed by atoms with Gasteiger partial charge in [0.05, 0.1) is 5.39 Å². The van der Waals surface area contributed by atoms with Crippen molar-refractivity contribution >= 4 is 28.4 Å². The average molecular weight is 308 g/mol. The molecule has 6 heteroatoms. The van der Waals surface area contributed by atoms with Crippen LogP contribution in [-0.4, -0.2) is 33.7 Å². The van der Waals surface area contributed by atoms with Gasteiger partial charge in [0.1, 0.15) is 11.6 Å². The van der Waals surface area contributed by atoms with Gasteiger partial charge in [-0.2, -0.15) is 5.10 Å². The number of nitrogens with zero attached hydrogens (tertiary/aromatic N) is 3. The van der Waals surface area contributed by atoms with Gasteiger partial charge in [-0.05, 0) is 43.7 Å². The fourth-order valence-corrected chi connectivity index (χ4v) is 3.25. The highest BCUT2D eigenvalue weighted by Crippen LogP contribution is 2.34. The summed E-state index contributed by atoms with van der Waals surface area (Å²) in [6.45, 7) is 3.96. The quantitative estimate of drug-likeness (QED) is 0.678. The Morgan fingerprint density at radius 2 is 2.17 bits per heavy atom. The fourth-order valence-electron chi connectivity index (χ4n) is 3.25. The number of aromatic amines is 1. The highest BCUT2D eigenvalue weighted by Gasteiger charge is 2.23. The zero-order valence-corrected chi connectivity index (χ0v) is 13.3. The number of nitrogens with one attached hydrogen (secondary N) is 2. The van der Waals surface area contributed by atoms with E-state index in [4.69, 9.17) is 10.7 Å². The minimum absolute atomic E-state index is 0.607. The number of nitrogen functional groups attached to an aromatic ring is 1. The van der Waals surface area contributed by atoms with Crippen molar-refractivity contribution in [1.29, 1.82) is 0 Å². The van der Waals surface area contributed by atoms with Crippen molar-refractivity contribution in [2.45, 2.75) is 19.9 Å². The summed E-state index contributed by atoms with van der Waals surface area (Å²) in [7, 11) is 2.13. The van der Waals surface area contributed by atoms with Crippen LogP contribution in [0.15, 0.2) is 24.3 Å². The second-order valence-electron chi connectivity index (χ2n) is 6.24. The molecule has 0 bridgehead atoms. The van der Waals surface area contributed by atoms with E-state index in [9.17, 15) is 0 Å². The molecule has 0 saturated heterocycles. The Morgan fingerprint density at radius 1 is 1.30 bits per heavy atom. The van der Waals surface area contributed by atoms with Gasteiger partial charge in [-0.1, -0.05) is 12.1 Å². The monoisotopic (exact) mass is 308 g/mol. The molecular formula is C17H20N6. The van der Waals surface area contributed by atoms with E-state index in [2.05, 4.69) is 52.6 Å². The van der Waals surface area contributed by atoms with E-state index >= 15 is 0 Å². The summed E-state index contributed by atoms with van der Waals surface area (Å²) in [6.07, 6.45) is 0.955. The molecule has 0 radical (unpaired) electrons. The molecule has 1 aromatic carbocycles. The second kappa shape index (κ2) is 5.24. The number of hydrogen-bond donors (Lipinski definition) is 3. The Balaban J connectivity index is 1.87. The van der Waals surface area contributed by atoms with Crippen molar-refractivity contribution in [3.8, 4) is 0 Å². The van der Waals surface area contributed by atoms with Crippen molar-refractivity contribution in [1.82, 2.24) is 20.1 Å². The van der Waals surface area contributed by atoms with Gasteiger partial charge in [0, 0.05) is 24.3 Å². The third kappa shape index (κ3) is 2.41. The Bertz CT molecular complexity index is 882. The summed E-state index contributed by atoms with van der Waals surface area (Å²) in [4.78, 5) is 7.01. The molecule has 0 unspecified atom stereocenters. The van der Waals surface area contributed by atoms with Gasteiger partial charge in [-0.25, -0.2) is 4.98 Å². The molecule has 0 atom stereocenters. The normalized spacial score (nSPS) is 14.9. The molecule has 1 aliphatic rings. The van der Waals surface area contributed by atoms with Gasteiger partial charge in [0.25, 0.3) is 0 Å². The summed E-state index contributed by atoms with van der Waals surface area (Å²) < 4.78 is 0. The summed E-state index contributed by atoms with van der Waals surface area (Å²) >= 11 is 0. The van der Waals surface area contributed by atoms with Gasteiger partial charge < -0.3 is 16.0 Å². The van der Waals surface area contributed by atoms with Crippen molar-refractivity contribution in [3.05, 3.63) is 41.0 Å². The first-order chi connectivity index (χ1) is 11.1. The SMILES string of the molecule is Cc1cccc(Nc2nc3n[nH]c(N)c3c3c2CN(C)CC3)c1. The average Bonchev–Trinajstić information content (AvgIpc) is 2.89. The highest BCUT2D eigenvalue weighted by atomic mass is 15.2. The van der Waals surface area contributed by atoms with Crippen LogP contribution in [0.1, 0.15) is 16.7 Å². The number of H-pyrrole nitrogens is 1. The minimum atomic E-state index is 0.607. The molecule has 0 amide bonds. The predicted octanol–water partition coefficient (Wildman–Crippen LogP) is 2.58. The van der Waals surface area contributed by atoms with Crippen molar-refractivity contribution in [3.63, 3.8) is 0 Å². The first kappa shape index (κ1) is 14.0. The molecule has 4 N–H and O–H groups in total. The lowest BCUT2D eigenvalue weighted by Gasteiger charge is -2.27. The van der Waals surface area contributed by atoms with E-state index < -0.39 is 0 Å². The van der Waals surface area contributed by atoms with Crippen molar-refractivity contribution < 1.29 is 0 Å². The van der Waals surface area contributed by atoms with Crippen LogP contribution in [0, 0.1) is 6.92 Å². The summed E-state index contributed by atoms with van der Waals surface area (Å²) in [6, 6.07) is 8.29. The van der Waals surface area contributed by atoms with Crippen LogP contribution < -0.4 is 11.1 Å². The fraction of sp³-hybridized carbons (Fsp3) is 0.294. The third-order valence-electron chi connectivity index (χ3n) is 4.40. The zero-order valence-electron chi connectivity index (χ0n) is 13.3. The number of hydrogen-bond acceptors (Lipinski definition) is 5. The van der Waals surface area contributed by atoms with Crippen molar-refractivity contribution in [2.24, 2.45) is 0 Å². The first-order valence-corrected chi connectivity index (χ1v) is 7.79. The molecule has 0 fully saturated rings. The number of rotatable bonds is 2. The van der Waals surface area contributed by atoms with Gasteiger partial charge >= 0.3 is 0 Å². The minimum Gasteiger partial charge on any atom is -0.384 e. The summed E-state index contributed by atoms with van der Waals surface area (Å²) in [5.41, 5.74) is 11.5. The van der Waals surface area contributed by atoms with Gasteiger partial charge in [0.2, 0.25) is 0 Å². The molecule has 1 aliphatic heterocycles. The first-order valence-electron chi connectivity index (χ1n) is 7.79. The number of fused-ring (bicyclic) bond motifs is 3. The number of pyridine rings is 1. The number of aryl methyl sites for hydroxylation is 1. The lowest BCUT2D eigenvalue weighted by Crippen LogP contribution is -2.27. The van der Waals surface area contributed by atoms with E-state index in [1.165, 1.54) is 16.7 Å². The van der Waals surface area contributed by atoms with Crippen LogP contribution in [0.25, 0.3) is 11.0 Å². The maximum absolute atomic E-state index is 6.07. The van der Waals surface area contributed by atoms with Crippen LogP contribution in [0.4, 0.5) is 17.3 Å². The van der Waals surface area contributed by atoms with E-state index in [0.717, 1.165) is 36.4 Å². The molecule has 3 heterocycles. The molecule has 4 rings (SSSR count). The summed E-state index contributed by atoms with van der Waals surface area (Å²) in [5, 5.41) is 11.5. The maximum Gasteiger partial charge on any atom is 0.185 e. The Hall–Kier alpha value is -2.60. The number of anilines is 3. The molecule has 118 valence electrons. The molecule has 2 aromatic heterocycles. The van der Waals surface area contributed by atoms with E-state index in [0.29, 0.717) is 11.5 Å². The Kier molecular flexibility index (Phi) is 3.20. The standard InChI is InChI=1S/C17H20N6/c1-10-4-3-5-11(8-10)19-16-13-9-23(2)7-6-12(13)14-15(18)21-22-17(14)20-16/h3-5,8H,6-7,9H2,1-2H3,(H4,18,19,20,21,22). The molecule has 23 heavy (non-hydrogen) atoms. The van der Waals surface area contributed by atoms with Crippen LogP contribution in [0.3, 0.4) is 0 Å². The lowest BCUT2D eigenvalue weighted by molar-refractivity contribution is 0.314. The maximum atomic E-state index is 6.07. The highest BCUT2D eigenvalue weighted by molar-refractivity contribution is 5.92. The van der Waals surface area contributed by atoms with E-state index in [-0.39, 0.29) is 0 Å². The molecular weight excluding hydrogens is 288 g/mol. The topological polar surface area (TPSA) is 82.9 Å². The number of benzene rings is 1. The van der Waals surface area contributed by atoms with Crippen LogP contribution in [-0.2, 0) is 13.0 Å². The Morgan fingerprint density at radius 3 is 3.00 bits per heavy atom. The summed E-state index contributed by atoms with van der Waals surface area (Å²) in [5.74, 6) is 1.48. The lowest BCUT2D eigenvalue weighted by atomic mass is 9.97. The Labute approximate surface area is 134 Å². The van der Waals surface area contributed by atoms with Crippen molar-refractivity contribution in [2.75, 3.05) is 24.6 Å². The van der Waals surface area contributed by atoms with Gasteiger partial charge in [-0.15, -0.1) is 0 Å². The van der Waals surface area contributed by atoms with E-state index in [1.807, 2.05) is 6.07 Å². The van der Waals surface area contributed by atoms with Crippen LogP contribution in [0.2, 0.25) is 0 Å². The predicted molar refractivity (Wildman–Crippen MR) is 92.8 cm³/mol. The molecule has 0 saturated carbocycles. The molecule has 6 nitrogen and oxygen atoms in total. The third-order valence-corrected chi connectivity index (χ3v) is 4.40. The largest absolute Gasteiger partial charge is 0.384 e. The van der Waals surface area contributed by atoms with Gasteiger partial charge in [-0.3, -0.25) is 5.10 Å². The van der Waals surface area contributed by atoms with Crippen LogP contribution >= 0.6 is 0 Å². The second-order valence-corrected chi connectivity index (χ2v) is 6.24. The van der Waals surface area contributed by atoms with Gasteiger partial charge in [0.15, 0.2) is 5.65 Å². The number of nitrogens with two attached hydrogens (primary N) is 1. The number of aromatic nitrogens is 3. The number of likely N-dealkylation sites (N-methyl/N-ethyl adjacent to an activating group) is 1.